The third kappa shape index (κ3) is 4.70. The van der Waals surface area contributed by atoms with Crippen LogP contribution in [0.5, 0.6) is 0 Å². The molecule has 1 fully saturated rings. The zero-order valence-corrected chi connectivity index (χ0v) is 16.3. The number of rotatable bonds is 5. The molecule has 8 heteroatoms. The lowest BCUT2D eigenvalue weighted by molar-refractivity contribution is 0.0997. The van der Waals surface area contributed by atoms with E-state index < -0.39 is 5.91 Å². The van der Waals surface area contributed by atoms with Crippen molar-refractivity contribution in [3.63, 3.8) is 0 Å². The van der Waals surface area contributed by atoms with Gasteiger partial charge in [0.25, 0.3) is 5.91 Å². The fourth-order valence-corrected chi connectivity index (χ4v) is 4.14. The molecule has 0 aromatic carbocycles. The van der Waals surface area contributed by atoms with Gasteiger partial charge in [0.15, 0.2) is 10.8 Å². The van der Waals surface area contributed by atoms with Crippen LogP contribution in [-0.4, -0.2) is 40.5 Å². The van der Waals surface area contributed by atoms with E-state index in [1.807, 2.05) is 18.2 Å². The fourth-order valence-electron chi connectivity index (χ4n) is 3.13. The second-order valence-corrected chi connectivity index (χ2v) is 8.54. The van der Waals surface area contributed by atoms with Crippen LogP contribution in [0.4, 0.5) is 16.0 Å². The van der Waals surface area contributed by atoms with E-state index in [0.29, 0.717) is 16.9 Å². The Morgan fingerprint density at radius 2 is 2.19 bits per heavy atom. The van der Waals surface area contributed by atoms with Gasteiger partial charge in [-0.25, -0.2) is 9.97 Å². The van der Waals surface area contributed by atoms with Crippen molar-refractivity contribution in [2.75, 3.05) is 23.3 Å². The molecule has 0 spiro atoms. The molecule has 0 saturated carbocycles. The van der Waals surface area contributed by atoms with Crippen molar-refractivity contribution in [1.82, 2.24) is 15.3 Å². The highest BCUT2D eigenvalue weighted by atomic mass is 32.1. The Morgan fingerprint density at radius 3 is 2.85 bits per heavy atom. The number of anilines is 3. The number of hydrogen-bond acceptors (Lipinski definition) is 7. The van der Waals surface area contributed by atoms with Crippen molar-refractivity contribution >= 4 is 33.2 Å². The lowest BCUT2D eigenvalue weighted by Gasteiger charge is -2.36. The molecule has 140 valence electrons. The molecule has 2 aromatic rings. The summed E-state index contributed by atoms with van der Waals surface area (Å²) in [6.45, 7) is 8.32. The van der Waals surface area contributed by atoms with Gasteiger partial charge >= 0.3 is 0 Å². The minimum absolute atomic E-state index is 0.0701. The van der Waals surface area contributed by atoms with E-state index in [1.54, 1.807) is 6.20 Å². The first-order valence-corrected chi connectivity index (χ1v) is 9.65. The van der Waals surface area contributed by atoms with Gasteiger partial charge in [0, 0.05) is 30.9 Å². The van der Waals surface area contributed by atoms with Gasteiger partial charge < -0.3 is 21.3 Å². The summed E-state index contributed by atoms with van der Waals surface area (Å²) >= 11 is 1.44. The number of nitrogens with two attached hydrogens (primary N) is 1. The third-order valence-corrected chi connectivity index (χ3v) is 5.12. The van der Waals surface area contributed by atoms with Gasteiger partial charge in [-0.05, 0) is 45.7 Å². The molecule has 1 amide bonds. The fraction of sp³-hybridized carbons (Fsp3) is 0.500. The van der Waals surface area contributed by atoms with Crippen molar-refractivity contribution in [2.45, 2.75) is 45.2 Å². The Balaban J connectivity index is 1.79. The molecule has 2 aromatic heterocycles. The Hall–Kier alpha value is -2.19. The standard InChI is InChI=1S/C18H26N6OS/c1-18(2,3)23-12-7-6-10-24(11-12)17-22-14(15(19)25)16(26-17)21-13-8-4-5-9-20-13/h4-5,8-9,12,23H,6-7,10-11H2,1-3H3,(H2,19,25)(H,20,21). The summed E-state index contributed by atoms with van der Waals surface area (Å²) in [5.74, 6) is 0.128. The van der Waals surface area contributed by atoms with Crippen molar-refractivity contribution < 1.29 is 4.79 Å². The number of thiazole rings is 1. The number of nitrogens with one attached hydrogen (secondary N) is 2. The average Bonchev–Trinajstić information content (AvgIpc) is 2.99. The van der Waals surface area contributed by atoms with Crippen LogP contribution in [0.1, 0.15) is 44.1 Å². The second kappa shape index (κ2) is 7.59. The average molecular weight is 375 g/mol. The van der Waals surface area contributed by atoms with Crippen LogP contribution >= 0.6 is 11.3 Å². The normalized spacial score (nSPS) is 18.0. The van der Waals surface area contributed by atoms with Crippen LogP contribution in [0.3, 0.4) is 0 Å². The Kier molecular flexibility index (Phi) is 5.43. The zero-order valence-electron chi connectivity index (χ0n) is 15.5. The highest BCUT2D eigenvalue weighted by Gasteiger charge is 2.27. The monoisotopic (exact) mass is 374 g/mol. The minimum atomic E-state index is -0.535. The van der Waals surface area contributed by atoms with E-state index in [2.05, 4.69) is 46.3 Å². The van der Waals surface area contributed by atoms with Crippen LogP contribution in [0.25, 0.3) is 0 Å². The highest BCUT2D eigenvalue weighted by Crippen LogP contribution is 2.34. The molecule has 7 nitrogen and oxygen atoms in total. The highest BCUT2D eigenvalue weighted by molar-refractivity contribution is 7.20. The van der Waals surface area contributed by atoms with Gasteiger partial charge in [-0.15, -0.1) is 0 Å². The first kappa shape index (κ1) is 18.6. The molecule has 1 unspecified atom stereocenters. The minimum Gasteiger partial charge on any atom is -0.364 e. The summed E-state index contributed by atoms with van der Waals surface area (Å²) < 4.78 is 0. The largest absolute Gasteiger partial charge is 0.364 e. The number of nitrogens with zero attached hydrogens (tertiary/aromatic N) is 3. The molecule has 3 heterocycles. The van der Waals surface area contributed by atoms with E-state index in [9.17, 15) is 4.79 Å². The number of carbonyl (C=O) groups is 1. The maximum atomic E-state index is 11.8. The van der Waals surface area contributed by atoms with E-state index in [1.165, 1.54) is 11.3 Å². The van der Waals surface area contributed by atoms with Crippen LogP contribution in [0.15, 0.2) is 24.4 Å². The summed E-state index contributed by atoms with van der Waals surface area (Å²) in [7, 11) is 0. The number of aromatic nitrogens is 2. The summed E-state index contributed by atoms with van der Waals surface area (Å²) in [4.78, 5) is 22.8. The predicted octanol–water partition coefficient (Wildman–Crippen LogP) is 2.74. The van der Waals surface area contributed by atoms with Crippen LogP contribution in [0.2, 0.25) is 0 Å². The molecular formula is C18H26N6OS. The first-order chi connectivity index (χ1) is 12.3. The second-order valence-electron chi connectivity index (χ2n) is 7.56. The molecule has 3 rings (SSSR count). The van der Waals surface area contributed by atoms with Crippen LogP contribution in [0, 0.1) is 0 Å². The Labute approximate surface area is 158 Å². The topological polar surface area (TPSA) is 96.2 Å². The summed E-state index contributed by atoms with van der Waals surface area (Å²) in [6, 6.07) is 5.97. The number of pyridine rings is 1. The number of piperidine rings is 1. The summed E-state index contributed by atoms with van der Waals surface area (Å²) in [5, 5.41) is 8.28. The predicted molar refractivity (Wildman–Crippen MR) is 106 cm³/mol. The number of hydrogen-bond donors (Lipinski definition) is 3. The first-order valence-electron chi connectivity index (χ1n) is 8.83. The van der Waals surface area contributed by atoms with Crippen molar-refractivity contribution in [2.24, 2.45) is 5.73 Å². The van der Waals surface area contributed by atoms with Crippen LogP contribution < -0.4 is 21.3 Å². The van der Waals surface area contributed by atoms with Gasteiger partial charge in [-0.3, -0.25) is 4.79 Å². The quantitative estimate of drug-likeness (QED) is 0.745. The Morgan fingerprint density at radius 1 is 1.38 bits per heavy atom. The molecule has 1 aliphatic rings. The number of carbonyl (C=O) groups excluding carboxylic acids is 1. The lowest BCUT2D eigenvalue weighted by atomic mass is 10.0. The molecule has 0 bridgehead atoms. The smallest absolute Gasteiger partial charge is 0.270 e. The van der Waals surface area contributed by atoms with Crippen molar-refractivity contribution in [3.8, 4) is 0 Å². The van der Waals surface area contributed by atoms with Crippen LogP contribution in [-0.2, 0) is 0 Å². The van der Waals surface area contributed by atoms with E-state index in [4.69, 9.17) is 5.73 Å². The van der Waals surface area contributed by atoms with Gasteiger partial charge in [-0.1, -0.05) is 17.4 Å². The van der Waals surface area contributed by atoms with Crippen molar-refractivity contribution in [1.29, 1.82) is 0 Å². The number of primary amides is 1. The van der Waals surface area contributed by atoms with Gasteiger partial charge in [0.1, 0.15) is 10.8 Å². The van der Waals surface area contributed by atoms with E-state index >= 15 is 0 Å². The summed E-state index contributed by atoms with van der Waals surface area (Å²) in [5.41, 5.74) is 5.87. The maximum Gasteiger partial charge on any atom is 0.270 e. The SMILES string of the molecule is CC(C)(C)NC1CCCN(c2nc(C(N)=O)c(Nc3ccccn3)s2)C1. The molecular weight excluding hydrogens is 348 g/mol. The molecule has 26 heavy (non-hydrogen) atoms. The molecule has 1 aliphatic heterocycles. The molecule has 0 radical (unpaired) electrons. The molecule has 1 saturated heterocycles. The van der Waals surface area contributed by atoms with Gasteiger partial charge in [0.2, 0.25) is 0 Å². The van der Waals surface area contributed by atoms with E-state index in [-0.39, 0.29) is 11.2 Å². The third-order valence-electron chi connectivity index (χ3n) is 4.08. The maximum absolute atomic E-state index is 11.8. The summed E-state index contributed by atoms with van der Waals surface area (Å²) in [6.07, 6.45) is 3.92. The molecule has 4 N–H and O–H groups in total. The Bertz CT molecular complexity index is 755. The van der Waals surface area contributed by atoms with Gasteiger partial charge in [0.05, 0.1) is 0 Å². The van der Waals surface area contributed by atoms with E-state index in [0.717, 1.165) is 31.1 Å². The molecule has 1 atom stereocenters. The molecule has 0 aliphatic carbocycles. The zero-order chi connectivity index (χ0) is 18.7. The lowest BCUT2D eigenvalue weighted by Crippen LogP contribution is -2.52. The van der Waals surface area contributed by atoms with Crippen molar-refractivity contribution in [3.05, 3.63) is 30.1 Å². The number of amides is 1. The van der Waals surface area contributed by atoms with Gasteiger partial charge in [-0.2, -0.15) is 0 Å².